The number of nitrogens with zero attached hydrogens (tertiary/aromatic N) is 3. The SMILES string of the molecule is Cc1nc2nc(N)[nH]c(=O)c2nc1[C@@H](C)Nc1ccc(C[C@H](O)[C@H](O)[C@H](O)CO[C@H]2O[C@H](CO)[C@@H](O)[C@H]2O)cc1. The van der Waals surface area contributed by atoms with Crippen LogP contribution in [0.25, 0.3) is 11.2 Å². The number of nitrogens with one attached hydrogen (secondary N) is 2. The number of nitrogen functional groups attached to an aromatic ring is 1. The first-order chi connectivity index (χ1) is 19.0. The van der Waals surface area contributed by atoms with Crippen LogP contribution < -0.4 is 16.6 Å². The van der Waals surface area contributed by atoms with Gasteiger partial charge in [0.15, 0.2) is 17.5 Å². The minimum Gasteiger partial charge on any atom is -0.394 e. The highest BCUT2D eigenvalue weighted by atomic mass is 16.7. The number of aryl methyl sites for hydroxylation is 1. The molecule has 15 heteroatoms. The van der Waals surface area contributed by atoms with E-state index in [1.807, 2.05) is 6.92 Å². The van der Waals surface area contributed by atoms with Gasteiger partial charge in [0.1, 0.15) is 30.5 Å². The standard InChI is InChI=1S/C25H34N6O9/c1-10(17-11(2)28-22-18(29-17)23(38)31-25(26)30-22)27-13-5-3-12(4-6-13)7-14(33)19(35)15(34)9-39-24-21(37)20(36)16(8-32)40-24/h3-6,10,14-16,19-21,24,27,32-37H,7-9H2,1-2H3,(H3,26,28,30,31,38)/t10-,14+,15-,16-,19+,20-,21-,24+/m1/s1. The van der Waals surface area contributed by atoms with Crippen molar-refractivity contribution < 1.29 is 40.1 Å². The molecule has 3 aromatic rings. The largest absolute Gasteiger partial charge is 0.394 e. The molecule has 40 heavy (non-hydrogen) atoms. The fraction of sp³-hybridized carbons (Fsp3) is 0.520. The molecule has 1 aliphatic rings. The van der Waals surface area contributed by atoms with Gasteiger partial charge in [0.25, 0.3) is 5.56 Å². The van der Waals surface area contributed by atoms with Crippen molar-refractivity contribution in [2.24, 2.45) is 0 Å². The topological polar surface area (TPSA) is 249 Å². The summed E-state index contributed by atoms with van der Waals surface area (Å²) in [6.07, 6.45) is -9.51. The fourth-order valence-corrected chi connectivity index (χ4v) is 4.45. The van der Waals surface area contributed by atoms with E-state index in [0.717, 1.165) is 5.69 Å². The number of aromatic amines is 1. The highest BCUT2D eigenvalue weighted by molar-refractivity contribution is 5.70. The van der Waals surface area contributed by atoms with Gasteiger partial charge in [-0.2, -0.15) is 4.98 Å². The second-order valence-electron chi connectivity index (χ2n) is 9.75. The van der Waals surface area contributed by atoms with Gasteiger partial charge in [-0.05, 0) is 31.5 Å². The van der Waals surface area contributed by atoms with Crippen LogP contribution in [-0.2, 0) is 15.9 Å². The third kappa shape index (κ3) is 6.54. The lowest BCUT2D eigenvalue weighted by molar-refractivity contribution is -0.193. The molecule has 8 atom stereocenters. The summed E-state index contributed by atoms with van der Waals surface area (Å²) in [4.78, 5) is 27.4. The molecular formula is C25H34N6O9. The van der Waals surface area contributed by atoms with Gasteiger partial charge in [0.2, 0.25) is 5.95 Å². The predicted molar refractivity (Wildman–Crippen MR) is 141 cm³/mol. The van der Waals surface area contributed by atoms with E-state index in [0.29, 0.717) is 17.0 Å². The molecule has 218 valence electrons. The molecule has 0 unspecified atom stereocenters. The second kappa shape index (κ2) is 12.5. The molecule has 0 amide bonds. The maximum atomic E-state index is 12.2. The molecule has 0 bridgehead atoms. The summed E-state index contributed by atoms with van der Waals surface area (Å²) < 4.78 is 10.4. The van der Waals surface area contributed by atoms with Crippen LogP contribution in [0, 0.1) is 6.92 Å². The summed E-state index contributed by atoms with van der Waals surface area (Å²) in [7, 11) is 0. The Morgan fingerprint density at radius 2 is 1.80 bits per heavy atom. The lowest BCUT2D eigenvalue weighted by Gasteiger charge is -2.25. The molecule has 4 rings (SSSR count). The maximum absolute atomic E-state index is 12.2. The Balaban J connectivity index is 1.32. The van der Waals surface area contributed by atoms with Gasteiger partial charge in [-0.1, -0.05) is 12.1 Å². The summed E-state index contributed by atoms with van der Waals surface area (Å²) in [6, 6.07) is 6.70. The molecule has 15 nitrogen and oxygen atoms in total. The maximum Gasteiger partial charge on any atom is 0.280 e. The van der Waals surface area contributed by atoms with E-state index in [-0.39, 0.29) is 29.6 Å². The van der Waals surface area contributed by atoms with Gasteiger partial charge in [0.05, 0.1) is 36.7 Å². The molecule has 1 aliphatic heterocycles. The molecule has 10 N–H and O–H groups in total. The number of hydrogen-bond donors (Lipinski definition) is 9. The van der Waals surface area contributed by atoms with Crippen molar-refractivity contribution in [2.45, 2.75) is 69.2 Å². The zero-order valence-corrected chi connectivity index (χ0v) is 21.9. The van der Waals surface area contributed by atoms with Crippen molar-refractivity contribution in [3.8, 4) is 0 Å². The number of fused-ring (bicyclic) bond motifs is 1. The first-order valence-electron chi connectivity index (χ1n) is 12.7. The zero-order chi connectivity index (χ0) is 29.1. The fourth-order valence-electron chi connectivity index (χ4n) is 4.45. The number of rotatable bonds is 11. The van der Waals surface area contributed by atoms with Crippen LogP contribution in [0.2, 0.25) is 0 Å². The number of aliphatic hydroxyl groups excluding tert-OH is 6. The second-order valence-corrected chi connectivity index (χ2v) is 9.75. The highest BCUT2D eigenvalue weighted by Crippen LogP contribution is 2.24. The Bertz CT molecular complexity index is 1360. The minimum absolute atomic E-state index is 0.0239. The summed E-state index contributed by atoms with van der Waals surface area (Å²) in [5.74, 6) is -0.0399. The number of nitrogens with two attached hydrogens (primary N) is 1. The van der Waals surface area contributed by atoms with E-state index in [2.05, 4.69) is 25.3 Å². The third-order valence-electron chi connectivity index (χ3n) is 6.68. The molecule has 3 heterocycles. The van der Waals surface area contributed by atoms with Crippen LogP contribution in [0.1, 0.15) is 29.9 Å². The van der Waals surface area contributed by atoms with Gasteiger partial charge in [0, 0.05) is 12.1 Å². The Morgan fingerprint density at radius 3 is 2.45 bits per heavy atom. The Kier molecular flexibility index (Phi) is 9.27. The van der Waals surface area contributed by atoms with E-state index in [9.17, 15) is 30.3 Å². The van der Waals surface area contributed by atoms with Crippen LogP contribution >= 0.6 is 0 Å². The number of H-pyrrole nitrogens is 1. The van der Waals surface area contributed by atoms with Gasteiger partial charge in [-0.15, -0.1) is 0 Å². The average Bonchev–Trinajstić information content (AvgIpc) is 3.19. The first kappa shape index (κ1) is 29.7. The number of benzene rings is 1. The normalized spacial score (nSPS) is 24.1. The van der Waals surface area contributed by atoms with Crippen molar-refractivity contribution in [2.75, 3.05) is 24.3 Å². The van der Waals surface area contributed by atoms with Crippen molar-refractivity contribution in [1.29, 1.82) is 0 Å². The van der Waals surface area contributed by atoms with Crippen LogP contribution in [0.5, 0.6) is 0 Å². The van der Waals surface area contributed by atoms with Gasteiger partial charge < -0.3 is 51.2 Å². The quantitative estimate of drug-likeness (QED) is 0.121. The molecule has 1 fully saturated rings. The Hall–Kier alpha value is -3.28. The van der Waals surface area contributed by atoms with Crippen molar-refractivity contribution in [1.82, 2.24) is 19.9 Å². The van der Waals surface area contributed by atoms with E-state index in [4.69, 9.17) is 20.3 Å². The van der Waals surface area contributed by atoms with Gasteiger partial charge in [-0.25, -0.2) is 9.97 Å². The number of hydrogen-bond acceptors (Lipinski definition) is 14. The number of ether oxygens (including phenoxy) is 2. The summed E-state index contributed by atoms with van der Waals surface area (Å²) in [5.41, 5.74) is 7.89. The first-order valence-corrected chi connectivity index (χ1v) is 12.7. The van der Waals surface area contributed by atoms with Crippen LogP contribution in [0.4, 0.5) is 11.6 Å². The number of aliphatic hydroxyl groups is 6. The van der Waals surface area contributed by atoms with Crippen LogP contribution in [0.15, 0.2) is 29.1 Å². The number of anilines is 2. The molecule has 2 aromatic heterocycles. The summed E-state index contributed by atoms with van der Waals surface area (Å²) >= 11 is 0. The zero-order valence-electron chi connectivity index (χ0n) is 21.9. The van der Waals surface area contributed by atoms with E-state index < -0.39 is 61.7 Å². The van der Waals surface area contributed by atoms with Gasteiger partial charge in [-0.3, -0.25) is 9.78 Å². The van der Waals surface area contributed by atoms with Crippen molar-refractivity contribution in [3.05, 3.63) is 51.6 Å². The van der Waals surface area contributed by atoms with E-state index in [1.165, 1.54) is 0 Å². The predicted octanol–water partition coefficient (Wildman–Crippen LogP) is -2.14. The smallest absolute Gasteiger partial charge is 0.280 e. The van der Waals surface area contributed by atoms with Crippen LogP contribution in [-0.4, -0.2) is 107 Å². The van der Waals surface area contributed by atoms with Crippen molar-refractivity contribution >= 4 is 22.8 Å². The van der Waals surface area contributed by atoms with E-state index in [1.54, 1.807) is 31.2 Å². The molecule has 0 saturated carbocycles. The molecule has 0 radical (unpaired) electrons. The molecule has 1 aromatic carbocycles. The molecule has 1 saturated heterocycles. The van der Waals surface area contributed by atoms with Crippen LogP contribution in [0.3, 0.4) is 0 Å². The minimum atomic E-state index is -1.57. The Morgan fingerprint density at radius 1 is 1.10 bits per heavy atom. The highest BCUT2D eigenvalue weighted by Gasteiger charge is 2.43. The van der Waals surface area contributed by atoms with Crippen molar-refractivity contribution in [3.63, 3.8) is 0 Å². The molecule has 0 spiro atoms. The van der Waals surface area contributed by atoms with E-state index >= 15 is 0 Å². The number of aromatic nitrogens is 4. The lowest BCUT2D eigenvalue weighted by Crippen LogP contribution is -2.43. The van der Waals surface area contributed by atoms with Gasteiger partial charge >= 0.3 is 0 Å². The Labute approximate surface area is 228 Å². The summed E-state index contributed by atoms with van der Waals surface area (Å²) in [5, 5.41) is 63.1. The molecule has 0 aliphatic carbocycles. The third-order valence-corrected chi connectivity index (χ3v) is 6.68. The molecular weight excluding hydrogens is 528 g/mol. The average molecular weight is 563 g/mol. The lowest BCUT2D eigenvalue weighted by atomic mass is 10.0. The monoisotopic (exact) mass is 562 g/mol. The summed E-state index contributed by atoms with van der Waals surface area (Å²) in [6.45, 7) is 2.60.